The van der Waals surface area contributed by atoms with Gasteiger partial charge in [0.2, 0.25) is 0 Å². The van der Waals surface area contributed by atoms with Gasteiger partial charge in [0.05, 0.1) is 16.1 Å². The van der Waals surface area contributed by atoms with E-state index < -0.39 is 16.1 Å². The zero-order valence-corrected chi connectivity index (χ0v) is 35.9. The Hall–Kier alpha value is -4.91. The van der Waals surface area contributed by atoms with E-state index in [2.05, 4.69) is 235 Å². The summed E-state index contributed by atoms with van der Waals surface area (Å²) < 4.78 is 0. The van der Waals surface area contributed by atoms with Gasteiger partial charge in [-0.2, -0.15) is 0 Å². The van der Waals surface area contributed by atoms with E-state index in [9.17, 15) is 0 Å². The van der Waals surface area contributed by atoms with Crippen LogP contribution >= 0.6 is 0 Å². The Morgan fingerprint density at radius 1 is 0.315 bits per heavy atom. The van der Waals surface area contributed by atoms with Gasteiger partial charge in [0.1, 0.15) is 0 Å². The molecule has 0 bridgehead atoms. The third-order valence-electron chi connectivity index (χ3n) is 12.7. The van der Waals surface area contributed by atoms with E-state index in [0.717, 1.165) is 28.4 Å². The fourth-order valence-corrected chi connectivity index (χ4v) is 12.8. The highest BCUT2D eigenvalue weighted by Crippen LogP contribution is 2.44. The molecule has 0 saturated carbocycles. The Morgan fingerprint density at radius 3 is 0.963 bits per heavy atom. The number of benzene rings is 7. The van der Waals surface area contributed by atoms with Crippen LogP contribution in [0.25, 0.3) is 21.5 Å². The highest BCUT2D eigenvalue weighted by Gasteiger charge is 2.43. The summed E-state index contributed by atoms with van der Waals surface area (Å²) in [5.74, 6) is 0. The minimum Gasteiger partial charge on any atom is -0.311 e. The van der Waals surface area contributed by atoms with Crippen molar-refractivity contribution in [1.29, 1.82) is 0 Å². The standard InChI is InChI=1S/C50H56N2Si2/c1-49(2,3)53(7,8)47-43-28-20-21-29-44(43)48(54(9,10)50(4,5)6)46-36-42(34-35-45(46)47)52(39-26-18-13-19-27-39)41-32-30-40(31-33-41)51(37-22-14-11-15-23-37)38-24-16-12-17-25-38/h11-36H,1-10H3. The van der Waals surface area contributed by atoms with Gasteiger partial charge in [0.15, 0.2) is 0 Å². The molecule has 0 atom stereocenters. The Bertz CT molecular complexity index is 2350. The van der Waals surface area contributed by atoms with Crippen molar-refractivity contribution in [2.24, 2.45) is 0 Å². The summed E-state index contributed by atoms with van der Waals surface area (Å²) in [6, 6.07) is 58.0. The predicted octanol–water partition coefficient (Wildman–Crippen LogP) is 14.4. The maximum absolute atomic E-state index is 2.59. The minimum absolute atomic E-state index is 0.162. The first-order valence-corrected chi connectivity index (χ1v) is 25.5. The van der Waals surface area contributed by atoms with E-state index in [4.69, 9.17) is 0 Å². The zero-order chi connectivity index (χ0) is 38.5. The lowest BCUT2D eigenvalue weighted by atomic mass is 10.0. The Kier molecular flexibility index (Phi) is 9.74. The van der Waals surface area contributed by atoms with Gasteiger partial charge in [0.25, 0.3) is 0 Å². The van der Waals surface area contributed by atoms with Crippen molar-refractivity contribution in [3.05, 3.63) is 158 Å². The molecular formula is C50H56N2Si2. The molecule has 0 heterocycles. The van der Waals surface area contributed by atoms with Gasteiger partial charge in [-0.05, 0) is 115 Å². The zero-order valence-electron chi connectivity index (χ0n) is 33.9. The smallest absolute Gasteiger partial charge is 0.0875 e. The maximum atomic E-state index is 2.59. The maximum Gasteiger partial charge on any atom is 0.0875 e. The van der Waals surface area contributed by atoms with Crippen LogP contribution in [-0.4, -0.2) is 16.1 Å². The molecule has 0 aliphatic carbocycles. The van der Waals surface area contributed by atoms with Crippen molar-refractivity contribution >= 4 is 82.2 Å². The van der Waals surface area contributed by atoms with Gasteiger partial charge in [-0.15, -0.1) is 0 Å². The molecule has 54 heavy (non-hydrogen) atoms. The number of hydrogen-bond acceptors (Lipinski definition) is 2. The molecule has 4 heteroatoms. The molecule has 2 nitrogen and oxygen atoms in total. The second-order valence-corrected chi connectivity index (χ2v) is 28.5. The molecular weight excluding hydrogens is 685 g/mol. The van der Waals surface area contributed by atoms with Crippen LogP contribution in [0.2, 0.25) is 36.3 Å². The van der Waals surface area contributed by atoms with Gasteiger partial charge in [0, 0.05) is 34.1 Å². The third kappa shape index (κ3) is 6.60. The number of fused-ring (bicyclic) bond motifs is 2. The highest BCUT2D eigenvalue weighted by molar-refractivity contribution is 6.98. The summed E-state index contributed by atoms with van der Waals surface area (Å²) in [7, 11) is -4.03. The third-order valence-corrected chi connectivity index (χ3v) is 23.8. The van der Waals surface area contributed by atoms with Crippen molar-refractivity contribution in [3.8, 4) is 0 Å². The van der Waals surface area contributed by atoms with Crippen LogP contribution in [-0.2, 0) is 0 Å². The summed E-state index contributed by atoms with van der Waals surface area (Å²) in [4.78, 5) is 4.76. The van der Waals surface area contributed by atoms with Crippen LogP contribution in [0.15, 0.2) is 158 Å². The molecule has 0 aliphatic rings. The molecule has 0 aliphatic heterocycles. The van der Waals surface area contributed by atoms with E-state index in [1.807, 2.05) is 0 Å². The van der Waals surface area contributed by atoms with Gasteiger partial charge < -0.3 is 9.80 Å². The van der Waals surface area contributed by atoms with E-state index in [0.29, 0.717) is 0 Å². The quantitative estimate of drug-likeness (QED) is 0.113. The number of nitrogens with zero attached hydrogens (tertiary/aromatic N) is 2. The molecule has 7 rings (SSSR count). The Morgan fingerprint density at radius 2 is 0.593 bits per heavy atom. The normalized spacial score (nSPS) is 12.6. The average molecular weight is 741 g/mol. The number of hydrogen-bond donors (Lipinski definition) is 0. The molecule has 0 spiro atoms. The summed E-state index contributed by atoms with van der Waals surface area (Å²) in [5.41, 5.74) is 6.84. The van der Waals surface area contributed by atoms with Crippen molar-refractivity contribution < 1.29 is 0 Å². The van der Waals surface area contributed by atoms with Gasteiger partial charge >= 0.3 is 0 Å². The molecule has 0 amide bonds. The van der Waals surface area contributed by atoms with Crippen LogP contribution in [0.5, 0.6) is 0 Å². The number of rotatable bonds is 8. The topological polar surface area (TPSA) is 6.48 Å². The molecule has 7 aromatic carbocycles. The molecule has 0 saturated heterocycles. The lowest BCUT2D eigenvalue weighted by Gasteiger charge is -2.42. The molecule has 0 N–H and O–H groups in total. The Balaban J connectivity index is 1.48. The largest absolute Gasteiger partial charge is 0.311 e. The highest BCUT2D eigenvalue weighted by atomic mass is 28.3. The molecule has 0 aromatic heterocycles. The van der Waals surface area contributed by atoms with Crippen LogP contribution in [0.3, 0.4) is 0 Å². The van der Waals surface area contributed by atoms with E-state index >= 15 is 0 Å². The summed E-state index contributed by atoms with van der Waals surface area (Å²) in [5, 5.41) is 9.29. The Labute approximate surface area is 326 Å². The second kappa shape index (κ2) is 14.1. The monoisotopic (exact) mass is 740 g/mol. The molecule has 0 fully saturated rings. The van der Waals surface area contributed by atoms with Gasteiger partial charge in [-0.25, -0.2) is 0 Å². The van der Waals surface area contributed by atoms with E-state index in [1.54, 1.807) is 10.4 Å². The van der Waals surface area contributed by atoms with Crippen molar-refractivity contribution in [2.75, 3.05) is 9.80 Å². The van der Waals surface area contributed by atoms with Crippen molar-refractivity contribution in [1.82, 2.24) is 0 Å². The van der Waals surface area contributed by atoms with Crippen LogP contribution in [0.1, 0.15) is 41.5 Å². The predicted molar refractivity (Wildman–Crippen MR) is 244 cm³/mol. The van der Waals surface area contributed by atoms with E-state index in [-0.39, 0.29) is 10.1 Å². The number of anilines is 6. The first kappa shape index (κ1) is 37.4. The fourth-order valence-electron chi connectivity index (χ4n) is 7.78. The van der Waals surface area contributed by atoms with Gasteiger partial charge in [-0.3, -0.25) is 0 Å². The fraction of sp³-hybridized carbons (Fsp3) is 0.240. The minimum atomic E-state index is -2.05. The van der Waals surface area contributed by atoms with E-state index in [1.165, 1.54) is 27.2 Å². The summed E-state index contributed by atoms with van der Waals surface area (Å²) in [6.45, 7) is 25.1. The molecule has 0 radical (unpaired) electrons. The molecule has 274 valence electrons. The van der Waals surface area contributed by atoms with Crippen LogP contribution in [0, 0.1) is 0 Å². The number of para-hydroxylation sites is 3. The summed E-state index contributed by atoms with van der Waals surface area (Å²) >= 11 is 0. The van der Waals surface area contributed by atoms with Crippen LogP contribution < -0.4 is 20.2 Å². The first-order chi connectivity index (χ1) is 25.6. The molecule has 7 aromatic rings. The average Bonchev–Trinajstić information content (AvgIpc) is 3.15. The SMILES string of the molecule is CC(C)(C)[Si](C)(C)c1c2ccccc2c([Si](C)(C)C(C)(C)C)c2cc(N(c3ccccc3)c3ccc(N(c4ccccc4)c4ccccc4)cc3)ccc12. The summed E-state index contributed by atoms with van der Waals surface area (Å²) in [6.07, 6.45) is 0. The molecule has 0 unspecified atom stereocenters. The van der Waals surface area contributed by atoms with Gasteiger partial charge in [-0.1, -0.05) is 153 Å². The van der Waals surface area contributed by atoms with Crippen molar-refractivity contribution in [2.45, 2.75) is 77.8 Å². The van der Waals surface area contributed by atoms with Crippen molar-refractivity contribution in [3.63, 3.8) is 0 Å². The van der Waals surface area contributed by atoms with Crippen LogP contribution in [0.4, 0.5) is 34.1 Å². The lowest BCUT2D eigenvalue weighted by molar-refractivity contribution is 0.729. The first-order valence-electron chi connectivity index (χ1n) is 19.5. The second-order valence-electron chi connectivity index (χ2n) is 18.0. The lowest BCUT2D eigenvalue weighted by Crippen LogP contribution is -2.54.